The molecule has 3 aromatic rings. The molecular formula is C21H20BrN3O3. The summed E-state index contributed by atoms with van der Waals surface area (Å²) in [5.74, 6) is 0.0461. The standard InChI is InChI=1S/C21H20BrN3O3/c1-28-12-4-11-25-20(13-7-9-14(22)10-8-13)17-18(23-24-19(17)21(25)27)15-5-2-3-6-16(15)26/h2-3,5-10,20,26H,4,11-12H2,1H3,(H,23,24). The fourth-order valence-corrected chi connectivity index (χ4v) is 3.94. The van der Waals surface area contributed by atoms with Crippen LogP contribution >= 0.6 is 15.9 Å². The van der Waals surface area contributed by atoms with Gasteiger partial charge in [0, 0.05) is 35.9 Å². The second-order valence-electron chi connectivity index (χ2n) is 6.68. The number of methoxy groups -OCH3 is 1. The van der Waals surface area contributed by atoms with Gasteiger partial charge in [-0.05, 0) is 36.2 Å². The predicted octanol–water partition coefficient (Wildman–Crippen LogP) is 4.13. The zero-order valence-corrected chi connectivity index (χ0v) is 16.9. The maximum absolute atomic E-state index is 13.1. The third-order valence-corrected chi connectivity index (χ3v) is 5.48. The molecule has 1 amide bonds. The number of ether oxygens (including phenoxy) is 1. The number of hydrogen-bond acceptors (Lipinski definition) is 4. The monoisotopic (exact) mass is 441 g/mol. The van der Waals surface area contributed by atoms with E-state index >= 15 is 0 Å². The van der Waals surface area contributed by atoms with Gasteiger partial charge in [0.1, 0.15) is 17.1 Å². The number of hydrogen-bond donors (Lipinski definition) is 2. The van der Waals surface area contributed by atoms with Crippen LogP contribution in [0.25, 0.3) is 11.3 Å². The van der Waals surface area contributed by atoms with E-state index < -0.39 is 0 Å². The minimum absolute atomic E-state index is 0.0896. The van der Waals surface area contributed by atoms with Crippen LogP contribution in [-0.4, -0.2) is 46.4 Å². The Morgan fingerprint density at radius 2 is 1.96 bits per heavy atom. The van der Waals surface area contributed by atoms with Crippen LogP contribution in [0, 0.1) is 0 Å². The Balaban J connectivity index is 1.83. The molecular weight excluding hydrogens is 422 g/mol. The summed E-state index contributed by atoms with van der Waals surface area (Å²) in [6, 6.07) is 14.7. The van der Waals surface area contributed by atoms with Crippen molar-refractivity contribution in [1.29, 1.82) is 0 Å². The van der Waals surface area contributed by atoms with Crippen LogP contribution in [0.5, 0.6) is 5.75 Å². The number of para-hydroxylation sites is 1. The van der Waals surface area contributed by atoms with E-state index in [0.717, 1.165) is 22.0 Å². The molecule has 0 fully saturated rings. The second kappa shape index (κ2) is 7.77. The summed E-state index contributed by atoms with van der Waals surface area (Å²) in [5.41, 5.74) is 3.47. The van der Waals surface area contributed by atoms with Crippen LogP contribution in [-0.2, 0) is 4.74 Å². The molecule has 6 nitrogen and oxygen atoms in total. The van der Waals surface area contributed by atoms with E-state index in [1.54, 1.807) is 19.2 Å². The fraction of sp³-hybridized carbons (Fsp3) is 0.238. The molecule has 1 aromatic heterocycles. The Morgan fingerprint density at radius 3 is 2.68 bits per heavy atom. The molecule has 1 aliphatic rings. The molecule has 2 heterocycles. The second-order valence-corrected chi connectivity index (χ2v) is 7.59. The van der Waals surface area contributed by atoms with Crippen LogP contribution in [0.1, 0.15) is 34.1 Å². The first-order valence-corrected chi connectivity index (χ1v) is 9.83. The molecule has 4 rings (SSSR count). The van der Waals surface area contributed by atoms with Gasteiger partial charge in [-0.15, -0.1) is 0 Å². The van der Waals surface area contributed by atoms with Crippen molar-refractivity contribution in [2.75, 3.05) is 20.3 Å². The smallest absolute Gasteiger partial charge is 0.273 e. The molecule has 0 saturated heterocycles. The molecule has 1 aliphatic heterocycles. The van der Waals surface area contributed by atoms with Crippen molar-refractivity contribution >= 4 is 21.8 Å². The first-order chi connectivity index (χ1) is 13.6. The molecule has 1 atom stereocenters. The number of H-pyrrole nitrogens is 1. The molecule has 2 aromatic carbocycles. The van der Waals surface area contributed by atoms with E-state index in [1.165, 1.54) is 0 Å². The van der Waals surface area contributed by atoms with Crippen molar-refractivity contribution in [2.45, 2.75) is 12.5 Å². The van der Waals surface area contributed by atoms with Crippen LogP contribution in [0.3, 0.4) is 0 Å². The van der Waals surface area contributed by atoms with Gasteiger partial charge in [0.05, 0.1) is 6.04 Å². The van der Waals surface area contributed by atoms with Crippen LogP contribution < -0.4 is 0 Å². The zero-order valence-electron chi connectivity index (χ0n) is 15.4. The fourth-order valence-electron chi connectivity index (χ4n) is 3.68. The molecule has 28 heavy (non-hydrogen) atoms. The van der Waals surface area contributed by atoms with Gasteiger partial charge in [-0.2, -0.15) is 5.10 Å². The van der Waals surface area contributed by atoms with Crippen molar-refractivity contribution in [2.24, 2.45) is 0 Å². The molecule has 144 valence electrons. The lowest BCUT2D eigenvalue weighted by Gasteiger charge is -2.26. The number of nitrogens with one attached hydrogen (secondary N) is 1. The summed E-state index contributed by atoms with van der Waals surface area (Å²) in [5, 5.41) is 17.6. The van der Waals surface area contributed by atoms with Gasteiger partial charge in [0.15, 0.2) is 0 Å². The van der Waals surface area contributed by atoms with E-state index in [1.807, 2.05) is 41.3 Å². The van der Waals surface area contributed by atoms with E-state index in [2.05, 4.69) is 26.1 Å². The number of rotatable bonds is 6. The van der Waals surface area contributed by atoms with Gasteiger partial charge in [-0.1, -0.05) is 40.2 Å². The lowest BCUT2D eigenvalue weighted by atomic mass is 9.96. The number of phenols is 1. The highest BCUT2D eigenvalue weighted by atomic mass is 79.9. The number of carbonyl (C=O) groups excluding carboxylic acids is 1. The number of fused-ring (bicyclic) bond motifs is 1. The summed E-state index contributed by atoms with van der Waals surface area (Å²) < 4.78 is 6.14. The van der Waals surface area contributed by atoms with Gasteiger partial charge < -0.3 is 14.7 Å². The molecule has 0 saturated carbocycles. The molecule has 2 N–H and O–H groups in total. The van der Waals surface area contributed by atoms with Crippen molar-refractivity contribution in [3.05, 3.63) is 69.8 Å². The highest BCUT2D eigenvalue weighted by Gasteiger charge is 2.42. The molecule has 0 spiro atoms. The van der Waals surface area contributed by atoms with Crippen LogP contribution in [0.2, 0.25) is 0 Å². The van der Waals surface area contributed by atoms with Gasteiger partial charge in [-0.3, -0.25) is 9.89 Å². The maximum atomic E-state index is 13.1. The number of nitrogens with zero attached hydrogens (tertiary/aromatic N) is 2. The highest BCUT2D eigenvalue weighted by Crippen LogP contribution is 2.44. The average molecular weight is 442 g/mol. The van der Waals surface area contributed by atoms with Crippen molar-refractivity contribution in [1.82, 2.24) is 15.1 Å². The molecule has 0 bridgehead atoms. The summed E-state index contributed by atoms with van der Waals surface area (Å²) in [7, 11) is 1.65. The third-order valence-electron chi connectivity index (χ3n) is 4.96. The number of carbonyl (C=O) groups is 1. The zero-order chi connectivity index (χ0) is 19.7. The Morgan fingerprint density at radius 1 is 1.21 bits per heavy atom. The number of aromatic nitrogens is 2. The molecule has 7 heteroatoms. The van der Waals surface area contributed by atoms with Crippen LogP contribution in [0.4, 0.5) is 0 Å². The van der Waals surface area contributed by atoms with Crippen molar-refractivity contribution in [3.8, 4) is 17.0 Å². The Kier molecular flexibility index (Phi) is 5.19. The Bertz CT molecular complexity index is 1000. The van der Waals surface area contributed by atoms with Crippen molar-refractivity contribution < 1.29 is 14.6 Å². The Hall–Kier alpha value is -2.64. The average Bonchev–Trinajstić information content (AvgIpc) is 3.23. The maximum Gasteiger partial charge on any atom is 0.273 e. The van der Waals surface area contributed by atoms with Crippen molar-refractivity contribution in [3.63, 3.8) is 0 Å². The SMILES string of the molecule is COCCCN1C(=O)c2[nH]nc(-c3ccccc3O)c2C1c1ccc(Br)cc1. The predicted molar refractivity (Wildman–Crippen MR) is 109 cm³/mol. The Labute approximate surface area is 171 Å². The van der Waals surface area contributed by atoms with E-state index in [0.29, 0.717) is 30.1 Å². The summed E-state index contributed by atoms with van der Waals surface area (Å²) >= 11 is 3.47. The molecule has 1 unspecified atom stereocenters. The number of aromatic amines is 1. The third kappa shape index (κ3) is 3.21. The molecule has 0 radical (unpaired) electrons. The largest absolute Gasteiger partial charge is 0.507 e. The van der Waals surface area contributed by atoms with Gasteiger partial charge in [0.2, 0.25) is 0 Å². The highest BCUT2D eigenvalue weighted by molar-refractivity contribution is 9.10. The number of benzene rings is 2. The topological polar surface area (TPSA) is 78.5 Å². The number of amides is 1. The lowest BCUT2D eigenvalue weighted by Crippen LogP contribution is -2.31. The number of aromatic hydroxyl groups is 1. The summed E-state index contributed by atoms with van der Waals surface area (Å²) in [6.07, 6.45) is 0.735. The molecule has 0 aliphatic carbocycles. The van der Waals surface area contributed by atoms with E-state index in [-0.39, 0.29) is 17.7 Å². The summed E-state index contributed by atoms with van der Waals surface area (Å²) in [6.45, 7) is 1.14. The number of halogens is 1. The van der Waals surface area contributed by atoms with E-state index in [9.17, 15) is 9.90 Å². The minimum atomic E-state index is -0.277. The first-order valence-electron chi connectivity index (χ1n) is 9.03. The minimum Gasteiger partial charge on any atom is -0.507 e. The number of phenolic OH excluding ortho intramolecular Hbond substituents is 1. The van der Waals surface area contributed by atoms with Crippen LogP contribution in [0.15, 0.2) is 53.0 Å². The normalized spacial score (nSPS) is 15.9. The van der Waals surface area contributed by atoms with Gasteiger partial charge >= 0.3 is 0 Å². The quantitative estimate of drug-likeness (QED) is 0.563. The first kappa shape index (κ1) is 18.7. The summed E-state index contributed by atoms with van der Waals surface area (Å²) in [4.78, 5) is 15.0. The van der Waals surface area contributed by atoms with Gasteiger partial charge in [0.25, 0.3) is 5.91 Å². The van der Waals surface area contributed by atoms with E-state index in [4.69, 9.17) is 4.74 Å². The lowest BCUT2D eigenvalue weighted by molar-refractivity contribution is 0.0723. The van der Waals surface area contributed by atoms with Gasteiger partial charge in [-0.25, -0.2) is 0 Å².